The molecule has 2 rings (SSSR count). The van der Waals surface area contributed by atoms with Gasteiger partial charge in [0.15, 0.2) is 11.6 Å². The first-order chi connectivity index (χ1) is 7.20. The highest BCUT2D eigenvalue weighted by Crippen LogP contribution is 2.31. The number of phenols is 1. The van der Waals surface area contributed by atoms with Crippen LogP contribution in [-0.2, 0) is 4.74 Å². The van der Waals surface area contributed by atoms with Crippen LogP contribution < -0.4 is 5.32 Å². The summed E-state index contributed by atoms with van der Waals surface area (Å²) in [6.45, 7) is 1.62. The topological polar surface area (TPSA) is 41.5 Å². The van der Waals surface area contributed by atoms with Gasteiger partial charge in [-0.3, -0.25) is 0 Å². The van der Waals surface area contributed by atoms with Gasteiger partial charge in [-0.25, -0.2) is 4.39 Å². The molecule has 82 valence electrons. The molecule has 0 radical (unpaired) electrons. The third-order valence-electron chi connectivity index (χ3n) is 2.38. The summed E-state index contributed by atoms with van der Waals surface area (Å²) in [7, 11) is 0. The molecule has 0 saturated carbocycles. The number of aromatic hydroxyl groups is 1. The molecule has 1 aliphatic rings. The fraction of sp³-hybridized carbons (Fsp3) is 0.400. The van der Waals surface area contributed by atoms with Gasteiger partial charge in [-0.2, -0.15) is 0 Å². The van der Waals surface area contributed by atoms with E-state index >= 15 is 0 Å². The zero-order valence-electron chi connectivity index (χ0n) is 7.96. The minimum absolute atomic E-state index is 0.274. The number of benzene rings is 1. The van der Waals surface area contributed by atoms with Crippen molar-refractivity contribution in [2.45, 2.75) is 6.04 Å². The Morgan fingerprint density at radius 2 is 2.33 bits per heavy atom. The second-order valence-electron chi connectivity index (χ2n) is 3.38. The van der Waals surface area contributed by atoms with E-state index in [9.17, 15) is 9.50 Å². The molecule has 1 aromatic rings. The normalized spacial score (nSPS) is 21.6. The minimum atomic E-state index is -0.675. The second-order valence-corrected chi connectivity index (χ2v) is 3.78. The molecule has 1 atom stereocenters. The van der Waals surface area contributed by atoms with Crippen LogP contribution in [0.5, 0.6) is 5.75 Å². The Labute approximate surface area is 91.8 Å². The summed E-state index contributed by atoms with van der Waals surface area (Å²) < 4.78 is 18.8. The maximum Gasteiger partial charge on any atom is 0.171 e. The van der Waals surface area contributed by atoms with Gasteiger partial charge in [0.25, 0.3) is 0 Å². The molecular formula is C10H11ClFNO2. The largest absolute Gasteiger partial charge is 0.505 e. The lowest BCUT2D eigenvalue weighted by molar-refractivity contribution is 0.0756. The van der Waals surface area contributed by atoms with Gasteiger partial charge in [0, 0.05) is 17.1 Å². The molecule has 1 aromatic carbocycles. The number of morpholine rings is 1. The predicted molar refractivity (Wildman–Crippen MR) is 54.6 cm³/mol. The van der Waals surface area contributed by atoms with E-state index in [1.165, 1.54) is 12.1 Å². The molecule has 0 amide bonds. The van der Waals surface area contributed by atoms with Crippen molar-refractivity contribution < 1.29 is 14.2 Å². The molecular weight excluding hydrogens is 221 g/mol. The predicted octanol–water partition coefficient (Wildman–Crippen LogP) is 1.85. The van der Waals surface area contributed by atoms with Crippen molar-refractivity contribution >= 4 is 11.6 Å². The zero-order chi connectivity index (χ0) is 10.8. The van der Waals surface area contributed by atoms with Crippen molar-refractivity contribution in [2.24, 2.45) is 0 Å². The van der Waals surface area contributed by atoms with Gasteiger partial charge in [0.05, 0.1) is 19.3 Å². The molecule has 0 aliphatic carbocycles. The highest BCUT2D eigenvalue weighted by molar-refractivity contribution is 6.31. The quantitative estimate of drug-likeness (QED) is 0.775. The number of rotatable bonds is 1. The first-order valence-corrected chi connectivity index (χ1v) is 5.06. The van der Waals surface area contributed by atoms with Gasteiger partial charge in [0.2, 0.25) is 0 Å². The van der Waals surface area contributed by atoms with Crippen LogP contribution in [0.1, 0.15) is 11.6 Å². The third kappa shape index (κ3) is 2.07. The molecule has 0 bridgehead atoms. The molecule has 1 fully saturated rings. The lowest BCUT2D eigenvalue weighted by Gasteiger charge is -2.25. The standard InChI is InChI=1S/C10H11ClFNO2/c11-6-1-2-8(14)10(12)9(6)7-5-15-4-3-13-7/h1-2,7,13-14H,3-5H2. The summed E-state index contributed by atoms with van der Waals surface area (Å²) in [6, 6.07) is 2.43. The molecule has 0 aromatic heterocycles. The molecule has 1 heterocycles. The average molecular weight is 232 g/mol. The first kappa shape index (κ1) is 10.7. The van der Waals surface area contributed by atoms with Crippen LogP contribution in [0.25, 0.3) is 0 Å². The van der Waals surface area contributed by atoms with Gasteiger partial charge in [-0.05, 0) is 12.1 Å². The SMILES string of the molecule is Oc1ccc(Cl)c(C2COCCN2)c1F. The lowest BCUT2D eigenvalue weighted by Crippen LogP contribution is -2.35. The van der Waals surface area contributed by atoms with Crippen LogP contribution in [-0.4, -0.2) is 24.9 Å². The summed E-state index contributed by atoms with van der Waals surface area (Å²) >= 11 is 5.89. The van der Waals surface area contributed by atoms with Crippen LogP contribution in [0.3, 0.4) is 0 Å². The van der Waals surface area contributed by atoms with E-state index in [2.05, 4.69) is 5.32 Å². The van der Waals surface area contributed by atoms with E-state index in [1.807, 2.05) is 0 Å². The van der Waals surface area contributed by atoms with Crippen molar-refractivity contribution in [3.8, 4) is 5.75 Å². The maximum atomic E-state index is 13.6. The summed E-state index contributed by atoms with van der Waals surface area (Å²) in [6.07, 6.45) is 0. The van der Waals surface area contributed by atoms with Gasteiger partial charge in [-0.15, -0.1) is 0 Å². The minimum Gasteiger partial charge on any atom is -0.505 e. The molecule has 15 heavy (non-hydrogen) atoms. The zero-order valence-corrected chi connectivity index (χ0v) is 8.72. The van der Waals surface area contributed by atoms with Crippen LogP contribution in [0.4, 0.5) is 4.39 Å². The van der Waals surface area contributed by atoms with Crippen molar-refractivity contribution in [2.75, 3.05) is 19.8 Å². The lowest BCUT2D eigenvalue weighted by atomic mass is 10.1. The number of nitrogens with one attached hydrogen (secondary N) is 1. The number of halogens is 2. The fourth-order valence-corrected chi connectivity index (χ4v) is 1.91. The van der Waals surface area contributed by atoms with Crippen molar-refractivity contribution in [3.63, 3.8) is 0 Å². The number of hydrogen-bond donors (Lipinski definition) is 2. The van der Waals surface area contributed by atoms with Crippen LogP contribution >= 0.6 is 11.6 Å². The molecule has 3 nitrogen and oxygen atoms in total. The Morgan fingerprint density at radius 3 is 3.00 bits per heavy atom. The fourth-order valence-electron chi connectivity index (χ4n) is 1.63. The molecule has 0 spiro atoms. The Bertz CT molecular complexity index is 367. The van der Waals surface area contributed by atoms with Crippen LogP contribution in [0, 0.1) is 5.82 Å². The van der Waals surface area contributed by atoms with Gasteiger partial charge in [0.1, 0.15) is 0 Å². The number of ether oxygens (including phenoxy) is 1. The Balaban J connectivity index is 2.36. The monoisotopic (exact) mass is 231 g/mol. The molecule has 2 N–H and O–H groups in total. The second kappa shape index (κ2) is 4.35. The first-order valence-electron chi connectivity index (χ1n) is 4.68. The molecule has 5 heteroatoms. The Hall–Kier alpha value is -0.840. The van der Waals surface area contributed by atoms with E-state index in [0.717, 1.165) is 0 Å². The number of hydrogen-bond acceptors (Lipinski definition) is 3. The third-order valence-corrected chi connectivity index (χ3v) is 2.71. The van der Waals surface area contributed by atoms with Gasteiger partial charge in [-0.1, -0.05) is 11.6 Å². The van der Waals surface area contributed by atoms with Crippen LogP contribution in [0.15, 0.2) is 12.1 Å². The number of phenolic OH excluding ortho intramolecular Hbond substituents is 1. The molecule has 1 unspecified atom stereocenters. The van der Waals surface area contributed by atoms with Crippen LogP contribution in [0.2, 0.25) is 5.02 Å². The molecule has 1 saturated heterocycles. The highest BCUT2D eigenvalue weighted by atomic mass is 35.5. The van der Waals surface area contributed by atoms with E-state index in [-0.39, 0.29) is 17.4 Å². The summed E-state index contributed by atoms with van der Waals surface area (Å²) in [5.74, 6) is -1.06. The molecule has 1 aliphatic heterocycles. The summed E-state index contributed by atoms with van der Waals surface area (Å²) in [4.78, 5) is 0. The Kier molecular flexibility index (Phi) is 3.09. The maximum absolute atomic E-state index is 13.6. The average Bonchev–Trinajstić information content (AvgIpc) is 2.26. The smallest absolute Gasteiger partial charge is 0.171 e. The van der Waals surface area contributed by atoms with E-state index in [1.54, 1.807) is 0 Å². The van der Waals surface area contributed by atoms with Gasteiger partial charge < -0.3 is 15.2 Å². The van der Waals surface area contributed by atoms with Crippen molar-refractivity contribution in [3.05, 3.63) is 28.5 Å². The summed E-state index contributed by atoms with van der Waals surface area (Å²) in [5, 5.41) is 12.6. The highest BCUT2D eigenvalue weighted by Gasteiger charge is 2.23. The Morgan fingerprint density at radius 1 is 1.53 bits per heavy atom. The van der Waals surface area contributed by atoms with Gasteiger partial charge >= 0.3 is 0 Å². The van der Waals surface area contributed by atoms with Crippen molar-refractivity contribution in [1.29, 1.82) is 0 Å². The summed E-state index contributed by atoms with van der Waals surface area (Å²) in [5.41, 5.74) is 0.274. The van der Waals surface area contributed by atoms with Crippen molar-refractivity contribution in [1.82, 2.24) is 5.32 Å². The van der Waals surface area contributed by atoms with E-state index in [0.29, 0.717) is 24.8 Å². The van der Waals surface area contributed by atoms with E-state index < -0.39 is 5.82 Å². The van der Waals surface area contributed by atoms with E-state index in [4.69, 9.17) is 16.3 Å².